The van der Waals surface area contributed by atoms with Crippen LogP contribution in [0.15, 0.2) is 24.8 Å². The average molecular weight is 189 g/mol. The van der Waals surface area contributed by atoms with Gasteiger partial charge in [-0.2, -0.15) is 10.2 Å². The van der Waals surface area contributed by atoms with E-state index in [1.54, 1.807) is 18.7 Å². The van der Waals surface area contributed by atoms with Gasteiger partial charge in [0, 0.05) is 12.1 Å². The van der Waals surface area contributed by atoms with E-state index in [9.17, 15) is 0 Å². The molecule has 0 aromatic carbocycles. The van der Waals surface area contributed by atoms with Crippen LogP contribution >= 0.6 is 0 Å². The molecule has 0 fully saturated rings. The van der Waals surface area contributed by atoms with E-state index in [-0.39, 0.29) is 0 Å². The Morgan fingerprint density at radius 1 is 1.29 bits per heavy atom. The monoisotopic (exact) mass is 189 g/mol. The Balaban J connectivity index is 2.37. The summed E-state index contributed by atoms with van der Waals surface area (Å²) in [4.78, 5) is 0. The Morgan fingerprint density at radius 3 is 2.93 bits per heavy atom. The first kappa shape index (κ1) is 8.80. The van der Waals surface area contributed by atoms with Gasteiger partial charge in [-0.15, -0.1) is 10.2 Å². The summed E-state index contributed by atoms with van der Waals surface area (Å²) in [5, 5.41) is 15.5. The van der Waals surface area contributed by atoms with Crippen molar-refractivity contribution in [3.8, 4) is 11.4 Å². The summed E-state index contributed by atoms with van der Waals surface area (Å²) in [5.41, 5.74) is 0.950. The predicted octanol–water partition coefficient (Wildman–Crippen LogP) is 1.15. The Bertz CT molecular complexity index is 395. The second-order valence-corrected chi connectivity index (χ2v) is 2.98. The molecular weight excluding hydrogens is 178 g/mol. The summed E-state index contributed by atoms with van der Waals surface area (Å²) in [6.45, 7) is 3.04. The number of nitrogens with zero attached hydrogens (tertiary/aromatic N) is 5. The van der Waals surface area contributed by atoms with Crippen LogP contribution in [-0.4, -0.2) is 25.0 Å². The summed E-state index contributed by atoms with van der Waals surface area (Å²) in [7, 11) is 0. The molecule has 0 atom stereocenters. The minimum atomic E-state index is 0.849. The minimum Gasteiger partial charge on any atom is -0.314 e. The third-order valence-corrected chi connectivity index (χ3v) is 1.92. The van der Waals surface area contributed by atoms with Crippen LogP contribution in [0.4, 0.5) is 0 Å². The van der Waals surface area contributed by atoms with Crippen LogP contribution < -0.4 is 0 Å². The SMILES string of the molecule is CCCn1cnnc1-c1ccnnc1. The van der Waals surface area contributed by atoms with Gasteiger partial charge in [-0.25, -0.2) is 0 Å². The summed E-state index contributed by atoms with van der Waals surface area (Å²) < 4.78 is 2.01. The quantitative estimate of drug-likeness (QED) is 0.726. The van der Waals surface area contributed by atoms with Gasteiger partial charge in [0.05, 0.1) is 12.4 Å². The van der Waals surface area contributed by atoms with E-state index in [1.165, 1.54) is 0 Å². The van der Waals surface area contributed by atoms with E-state index >= 15 is 0 Å². The summed E-state index contributed by atoms with van der Waals surface area (Å²) in [5.74, 6) is 0.849. The molecule has 0 saturated carbocycles. The van der Waals surface area contributed by atoms with E-state index in [0.717, 1.165) is 24.4 Å². The molecule has 14 heavy (non-hydrogen) atoms. The van der Waals surface area contributed by atoms with Crippen LogP contribution in [0.3, 0.4) is 0 Å². The lowest BCUT2D eigenvalue weighted by Gasteiger charge is -2.02. The van der Waals surface area contributed by atoms with Gasteiger partial charge in [-0.05, 0) is 12.5 Å². The fourth-order valence-corrected chi connectivity index (χ4v) is 1.31. The normalized spacial score (nSPS) is 10.4. The van der Waals surface area contributed by atoms with Crippen molar-refractivity contribution < 1.29 is 0 Å². The maximum atomic E-state index is 4.05. The number of rotatable bonds is 3. The lowest BCUT2D eigenvalue weighted by Crippen LogP contribution is -1.98. The highest BCUT2D eigenvalue weighted by Gasteiger charge is 2.05. The lowest BCUT2D eigenvalue weighted by molar-refractivity contribution is 0.682. The van der Waals surface area contributed by atoms with E-state index in [1.807, 2.05) is 10.6 Å². The molecule has 0 radical (unpaired) electrons. The average Bonchev–Trinajstić information content (AvgIpc) is 2.68. The highest BCUT2D eigenvalue weighted by atomic mass is 15.3. The minimum absolute atomic E-state index is 0.849. The Labute approximate surface area is 81.8 Å². The molecule has 0 amide bonds. The van der Waals surface area contributed by atoms with Crippen LogP contribution in [0.1, 0.15) is 13.3 Å². The van der Waals surface area contributed by atoms with Gasteiger partial charge in [-0.3, -0.25) is 0 Å². The zero-order valence-electron chi connectivity index (χ0n) is 7.96. The van der Waals surface area contributed by atoms with Crippen LogP contribution in [-0.2, 0) is 6.54 Å². The molecule has 5 heteroatoms. The van der Waals surface area contributed by atoms with Crippen molar-refractivity contribution >= 4 is 0 Å². The third-order valence-electron chi connectivity index (χ3n) is 1.92. The van der Waals surface area contributed by atoms with Gasteiger partial charge in [0.1, 0.15) is 6.33 Å². The van der Waals surface area contributed by atoms with Gasteiger partial charge in [0.25, 0.3) is 0 Å². The molecule has 0 aliphatic rings. The maximum Gasteiger partial charge on any atom is 0.165 e. The first-order chi connectivity index (χ1) is 6.92. The van der Waals surface area contributed by atoms with Crippen molar-refractivity contribution in [1.29, 1.82) is 0 Å². The summed E-state index contributed by atoms with van der Waals surface area (Å²) in [6.07, 6.45) is 6.14. The van der Waals surface area contributed by atoms with Gasteiger partial charge < -0.3 is 4.57 Å². The van der Waals surface area contributed by atoms with Crippen molar-refractivity contribution in [2.45, 2.75) is 19.9 Å². The second kappa shape index (κ2) is 3.95. The predicted molar refractivity (Wildman–Crippen MR) is 51.3 cm³/mol. The molecule has 0 spiro atoms. The van der Waals surface area contributed by atoms with Crippen molar-refractivity contribution in [2.75, 3.05) is 0 Å². The maximum absolute atomic E-state index is 4.05. The van der Waals surface area contributed by atoms with Gasteiger partial charge >= 0.3 is 0 Å². The van der Waals surface area contributed by atoms with Gasteiger partial charge in [-0.1, -0.05) is 6.92 Å². The highest BCUT2D eigenvalue weighted by molar-refractivity contribution is 5.52. The van der Waals surface area contributed by atoms with Crippen molar-refractivity contribution in [2.24, 2.45) is 0 Å². The molecule has 5 nitrogen and oxygen atoms in total. The first-order valence-electron chi connectivity index (χ1n) is 4.56. The topological polar surface area (TPSA) is 56.5 Å². The molecule has 2 aromatic heterocycles. The molecule has 0 aliphatic carbocycles. The van der Waals surface area contributed by atoms with Gasteiger partial charge in [0.15, 0.2) is 5.82 Å². The van der Waals surface area contributed by atoms with E-state index in [2.05, 4.69) is 27.3 Å². The Hall–Kier alpha value is -1.78. The fraction of sp³-hybridized carbons (Fsp3) is 0.333. The largest absolute Gasteiger partial charge is 0.314 e. The summed E-state index contributed by atoms with van der Waals surface area (Å²) in [6, 6.07) is 1.88. The standard InChI is InChI=1S/C9H11N5/c1-2-5-14-7-12-13-9(14)8-3-4-10-11-6-8/h3-4,6-7H,2,5H2,1H3. The van der Waals surface area contributed by atoms with E-state index in [4.69, 9.17) is 0 Å². The van der Waals surface area contributed by atoms with E-state index < -0.39 is 0 Å². The molecule has 0 aliphatic heterocycles. The van der Waals surface area contributed by atoms with Crippen molar-refractivity contribution in [3.63, 3.8) is 0 Å². The fourth-order valence-electron chi connectivity index (χ4n) is 1.31. The zero-order chi connectivity index (χ0) is 9.80. The first-order valence-corrected chi connectivity index (χ1v) is 4.56. The molecule has 0 N–H and O–H groups in total. The number of aromatic nitrogens is 5. The number of hydrogen-bond donors (Lipinski definition) is 0. The van der Waals surface area contributed by atoms with Crippen LogP contribution in [0, 0.1) is 0 Å². The smallest absolute Gasteiger partial charge is 0.165 e. The van der Waals surface area contributed by atoms with Crippen LogP contribution in [0.5, 0.6) is 0 Å². The molecule has 0 bridgehead atoms. The molecule has 2 rings (SSSR count). The summed E-state index contributed by atoms with van der Waals surface area (Å²) >= 11 is 0. The Kier molecular flexibility index (Phi) is 2.48. The molecule has 72 valence electrons. The van der Waals surface area contributed by atoms with Crippen LogP contribution in [0.2, 0.25) is 0 Å². The zero-order valence-corrected chi connectivity index (χ0v) is 7.96. The Morgan fingerprint density at radius 2 is 2.21 bits per heavy atom. The van der Waals surface area contributed by atoms with Gasteiger partial charge in [0.2, 0.25) is 0 Å². The molecule has 2 aromatic rings. The molecule has 0 saturated heterocycles. The number of hydrogen-bond acceptors (Lipinski definition) is 4. The van der Waals surface area contributed by atoms with Crippen molar-refractivity contribution in [1.82, 2.24) is 25.0 Å². The second-order valence-electron chi connectivity index (χ2n) is 2.98. The van der Waals surface area contributed by atoms with E-state index in [0.29, 0.717) is 0 Å². The van der Waals surface area contributed by atoms with Crippen LogP contribution in [0.25, 0.3) is 11.4 Å². The molecular formula is C9H11N5. The number of aryl methyl sites for hydroxylation is 1. The lowest BCUT2D eigenvalue weighted by atomic mass is 10.3. The molecule has 2 heterocycles. The third kappa shape index (κ3) is 1.61. The van der Waals surface area contributed by atoms with Crippen molar-refractivity contribution in [3.05, 3.63) is 24.8 Å². The highest BCUT2D eigenvalue weighted by Crippen LogP contribution is 2.13. The molecule has 0 unspecified atom stereocenters.